The fourth-order valence-electron chi connectivity index (χ4n) is 4.05. The van der Waals surface area contributed by atoms with E-state index in [2.05, 4.69) is 4.90 Å². The highest BCUT2D eigenvalue weighted by Crippen LogP contribution is 2.40. The summed E-state index contributed by atoms with van der Waals surface area (Å²) in [6, 6.07) is 12.5. The summed E-state index contributed by atoms with van der Waals surface area (Å²) in [4.78, 5) is 29.8. The summed E-state index contributed by atoms with van der Waals surface area (Å²) in [6.07, 6.45) is 0.839. The molecule has 1 amide bonds. The van der Waals surface area contributed by atoms with Gasteiger partial charge in [-0.3, -0.25) is 9.59 Å². The number of phenolic OH excluding ortho intramolecular Hbond substituents is 1. The van der Waals surface area contributed by atoms with Crippen LogP contribution in [-0.2, 0) is 9.59 Å². The normalized spacial score (nSPS) is 17.7. The van der Waals surface area contributed by atoms with Crippen LogP contribution in [0.1, 0.15) is 44.4 Å². The van der Waals surface area contributed by atoms with Crippen LogP contribution < -0.4 is 4.74 Å². The number of likely N-dealkylation sites (tertiary alicyclic amines) is 1. The number of hydrogen-bond acceptors (Lipinski definition) is 6. The van der Waals surface area contributed by atoms with Crippen LogP contribution in [0.5, 0.6) is 11.5 Å². The van der Waals surface area contributed by atoms with E-state index in [-0.39, 0.29) is 17.1 Å². The SMILES string of the molecule is CCCOc1cccc(/C(O)=C2/C(=O)C(=O)N(CCN(CC)CC)C2c2cccc(O)c2)c1. The van der Waals surface area contributed by atoms with Gasteiger partial charge in [0.2, 0.25) is 0 Å². The second kappa shape index (κ2) is 11.0. The first-order valence-electron chi connectivity index (χ1n) is 11.4. The summed E-state index contributed by atoms with van der Waals surface area (Å²) in [5.41, 5.74) is 0.974. The number of benzene rings is 2. The monoisotopic (exact) mass is 452 g/mol. The molecule has 1 saturated heterocycles. The van der Waals surface area contributed by atoms with Crippen molar-refractivity contribution in [2.75, 3.05) is 32.8 Å². The highest BCUT2D eigenvalue weighted by molar-refractivity contribution is 6.46. The van der Waals surface area contributed by atoms with Crippen LogP contribution in [0.15, 0.2) is 54.1 Å². The van der Waals surface area contributed by atoms with Crippen molar-refractivity contribution in [3.8, 4) is 11.5 Å². The molecule has 176 valence electrons. The Bertz CT molecular complexity index is 1030. The van der Waals surface area contributed by atoms with E-state index >= 15 is 0 Å². The minimum atomic E-state index is -0.798. The molecule has 1 aliphatic rings. The number of ether oxygens (including phenoxy) is 1. The Balaban J connectivity index is 2.07. The third kappa shape index (κ3) is 5.37. The first-order chi connectivity index (χ1) is 15.9. The van der Waals surface area contributed by atoms with Crippen LogP contribution in [0.25, 0.3) is 5.76 Å². The lowest BCUT2D eigenvalue weighted by Crippen LogP contribution is -2.38. The molecule has 2 N–H and O–H groups in total. The summed E-state index contributed by atoms with van der Waals surface area (Å²) in [7, 11) is 0. The third-order valence-electron chi connectivity index (χ3n) is 5.86. The zero-order chi connectivity index (χ0) is 24.0. The van der Waals surface area contributed by atoms with Gasteiger partial charge in [-0.2, -0.15) is 0 Å². The van der Waals surface area contributed by atoms with Gasteiger partial charge >= 0.3 is 0 Å². The van der Waals surface area contributed by atoms with Crippen LogP contribution in [0, 0.1) is 0 Å². The molecule has 33 heavy (non-hydrogen) atoms. The molecule has 0 bridgehead atoms. The standard InChI is InChI=1S/C26H32N2O5/c1-4-15-33-21-12-8-10-19(17-21)24(30)22-23(18-9-7-11-20(29)16-18)28(26(32)25(22)31)14-13-27(5-2)6-3/h7-12,16-17,23,29-30H,4-6,13-15H2,1-3H3/b24-22-. The Kier molecular flexibility index (Phi) is 8.11. The van der Waals surface area contributed by atoms with Crippen LogP contribution in [0.4, 0.5) is 0 Å². The summed E-state index contributed by atoms with van der Waals surface area (Å²) < 4.78 is 5.66. The number of likely N-dealkylation sites (N-methyl/N-ethyl adjacent to an activating group) is 1. The van der Waals surface area contributed by atoms with Gasteiger partial charge in [0, 0.05) is 18.7 Å². The Labute approximate surface area is 194 Å². The smallest absolute Gasteiger partial charge is 0.295 e. The Morgan fingerprint density at radius 1 is 1.06 bits per heavy atom. The van der Waals surface area contributed by atoms with Crippen LogP contribution in [-0.4, -0.2) is 64.5 Å². The topological polar surface area (TPSA) is 90.3 Å². The van der Waals surface area contributed by atoms with Crippen molar-refractivity contribution in [1.82, 2.24) is 9.80 Å². The lowest BCUT2D eigenvalue weighted by molar-refractivity contribution is -0.140. The number of carbonyl (C=O) groups excluding carboxylic acids is 2. The molecular formula is C26H32N2O5. The molecule has 3 rings (SSSR count). The molecule has 2 aromatic carbocycles. The molecule has 7 nitrogen and oxygen atoms in total. The fraction of sp³-hybridized carbons (Fsp3) is 0.385. The van der Waals surface area contributed by atoms with E-state index in [1.54, 1.807) is 36.4 Å². The van der Waals surface area contributed by atoms with Crippen LogP contribution >= 0.6 is 0 Å². The largest absolute Gasteiger partial charge is 0.508 e. The molecule has 2 aromatic rings. The summed E-state index contributed by atoms with van der Waals surface area (Å²) >= 11 is 0. The molecule has 1 atom stereocenters. The maximum absolute atomic E-state index is 13.1. The lowest BCUT2D eigenvalue weighted by atomic mass is 9.95. The summed E-state index contributed by atoms with van der Waals surface area (Å²) in [6.45, 7) is 9.17. The molecule has 0 saturated carbocycles. The quantitative estimate of drug-likeness (QED) is 0.322. The molecule has 0 radical (unpaired) electrons. The number of aliphatic hydroxyl groups excluding tert-OH is 1. The number of Topliss-reactive ketones (excluding diaryl/α,β-unsaturated/α-hetero) is 1. The molecule has 1 fully saturated rings. The average Bonchev–Trinajstić information content (AvgIpc) is 3.08. The number of phenols is 1. The van der Waals surface area contributed by atoms with Gasteiger partial charge < -0.3 is 24.7 Å². The molecule has 1 heterocycles. The van der Waals surface area contributed by atoms with Crippen LogP contribution in [0.3, 0.4) is 0 Å². The maximum atomic E-state index is 13.1. The molecule has 0 aromatic heterocycles. The number of aromatic hydroxyl groups is 1. The summed E-state index contributed by atoms with van der Waals surface area (Å²) in [5, 5.41) is 21.3. The zero-order valence-electron chi connectivity index (χ0n) is 19.5. The van der Waals surface area contributed by atoms with E-state index in [1.165, 1.54) is 17.0 Å². The number of amides is 1. The zero-order valence-corrected chi connectivity index (χ0v) is 19.5. The van der Waals surface area contributed by atoms with E-state index in [4.69, 9.17) is 4.74 Å². The first kappa shape index (κ1) is 24.3. The van der Waals surface area contributed by atoms with Crippen molar-refractivity contribution in [2.24, 2.45) is 0 Å². The molecule has 0 spiro atoms. The minimum absolute atomic E-state index is 0.0118. The molecule has 0 aliphatic carbocycles. The van der Waals surface area contributed by atoms with Gasteiger partial charge in [-0.25, -0.2) is 0 Å². The van der Waals surface area contributed by atoms with Gasteiger partial charge in [-0.15, -0.1) is 0 Å². The number of nitrogens with zero attached hydrogens (tertiary/aromatic N) is 2. The highest BCUT2D eigenvalue weighted by Gasteiger charge is 2.46. The van der Waals surface area contributed by atoms with E-state index in [9.17, 15) is 19.8 Å². The van der Waals surface area contributed by atoms with E-state index in [0.717, 1.165) is 19.5 Å². The van der Waals surface area contributed by atoms with Gasteiger partial charge in [0.15, 0.2) is 0 Å². The molecular weight excluding hydrogens is 420 g/mol. The predicted octanol–water partition coefficient (Wildman–Crippen LogP) is 3.94. The van der Waals surface area contributed by atoms with Gasteiger partial charge in [0.25, 0.3) is 11.7 Å². The predicted molar refractivity (Wildman–Crippen MR) is 127 cm³/mol. The minimum Gasteiger partial charge on any atom is -0.508 e. The first-order valence-corrected chi connectivity index (χ1v) is 11.4. The van der Waals surface area contributed by atoms with Gasteiger partial charge in [-0.1, -0.05) is 45.0 Å². The third-order valence-corrected chi connectivity index (χ3v) is 5.86. The Morgan fingerprint density at radius 3 is 2.45 bits per heavy atom. The number of carbonyl (C=O) groups is 2. The molecule has 1 aliphatic heterocycles. The Morgan fingerprint density at radius 2 is 1.79 bits per heavy atom. The second-order valence-corrected chi connectivity index (χ2v) is 7.99. The van der Waals surface area contributed by atoms with Crippen molar-refractivity contribution < 1.29 is 24.5 Å². The summed E-state index contributed by atoms with van der Waals surface area (Å²) in [5.74, 6) is -1.05. The lowest BCUT2D eigenvalue weighted by Gasteiger charge is -2.28. The van der Waals surface area contributed by atoms with Crippen molar-refractivity contribution >= 4 is 17.4 Å². The van der Waals surface area contributed by atoms with Gasteiger partial charge in [0.1, 0.15) is 17.3 Å². The van der Waals surface area contributed by atoms with E-state index in [1.807, 2.05) is 20.8 Å². The van der Waals surface area contributed by atoms with Crippen molar-refractivity contribution in [3.05, 3.63) is 65.2 Å². The number of aliphatic hydroxyl groups is 1. The number of rotatable bonds is 10. The fourth-order valence-corrected chi connectivity index (χ4v) is 4.05. The van der Waals surface area contributed by atoms with Gasteiger partial charge in [-0.05, 0) is 49.3 Å². The molecule has 1 unspecified atom stereocenters. The number of ketones is 1. The maximum Gasteiger partial charge on any atom is 0.295 e. The van der Waals surface area contributed by atoms with Crippen molar-refractivity contribution in [2.45, 2.75) is 33.2 Å². The number of hydrogen-bond donors (Lipinski definition) is 2. The Hall–Kier alpha value is -3.32. The van der Waals surface area contributed by atoms with Crippen molar-refractivity contribution in [1.29, 1.82) is 0 Å². The van der Waals surface area contributed by atoms with Crippen LogP contribution in [0.2, 0.25) is 0 Å². The highest BCUT2D eigenvalue weighted by atomic mass is 16.5. The second-order valence-electron chi connectivity index (χ2n) is 7.99. The average molecular weight is 453 g/mol. The van der Waals surface area contributed by atoms with Crippen molar-refractivity contribution in [3.63, 3.8) is 0 Å². The van der Waals surface area contributed by atoms with Gasteiger partial charge in [0.05, 0.1) is 18.2 Å². The molecule has 7 heteroatoms. The van der Waals surface area contributed by atoms with E-state index in [0.29, 0.717) is 36.6 Å². The van der Waals surface area contributed by atoms with E-state index < -0.39 is 17.7 Å².